The van der Waals surface area contributed by atoms with Crippen molar-refractivity contribution in [3.8, 4) is 70.3 Å². The average Bonchev–Trinajstić information content (AvgIpc) is 3.91. The lowest BCUT2D eigenvalue weighted by Gasteiger charge is -2.02. The second-order valence-corrected chi connectivity index (χ2v) is 12.3. The molecule has 0 bridgehead atoms. The van der Waals surface area contributed by atoms with Crippen LogP contribution in [-0.4, -0.2) is 55.0 Å². The molecule has 18 nitrogen and oxygen atoms in total. The first kappa shape index (κ1) is 39.2. The van der Waals surface area contributed by atoms with Gasteiger partial charge in [-0.25, -0.2) is 24.9 Å². The molecule has 0 spiro atoms. The summed E-state index contributed by atoms with van der Waals surface area (Å²) in [6.45, 7) is 3.82. The highest BCUT2D eigenvalue weighted by atomic mass is 16.6. The minimum atomic E-state index is -0.0227. The highest BCUT2D eigenvalue weighted by molar-refractivity contribution is 6.23. The predicted octanol–water partition coefficient (Wildman–Crippen LogP) is 6.56. The van der Waals surface area contributed by atoms with E-state index in [9.17, 15) is 4.91 Å². The molecule has 0 atom stereocenters. The van der Waals surface area contributed by atoms with E-state index in [-0.39, 0.29) is 46.5 Å². The Morgan fingerprint density at radius 2 is 1.03 bits per heavy atom. The van der Waals surface area contributed by atoms with Crippen molar-refractivity contribution in [2.45, 2.75) is 0 Å². The van der Waals surface area contributed by atoms with Crippen molar-refractivity contribution < 1.29 is 9.68 Å². The zero-order chi connectivity index (χ0) is 43.0. The standard InChI is InChI=1S/C16H9N5O.C14H7N5O.C13H5N5O/c1-2-7-22-21-15-11-6-4-3-5-10(11)14-16(15)20-13(9-18)12(8-17)19-14;1-20-19-13-9-5-3-2-4-8(9)12-14(13)18-11(7-16)10(6-15)17-12;14-5-9-10(6-15)17-13-11(16-9)7-3-1-2-4-8(7)12(13)18-19/h2-6H,1,7H2;2-5H,1H3;1-4,17H/b21-15-;19-13+;. The predicted molar refractivity (Wildman–Crippen MR) is 216 cm³/mol. The Bertz CT molecular complexity index is 3270. The summed E-state index contributed by atoms with van der Waals surface area (Å²) in [6, 6.07) is 33.3. The van der Waals surface area contributed by atoms with E-state index in [0.717, 1.165) is 27.6 Å². The third-order valence-electron chi connectivity index (χ3n) is 9.00. The van der Waals surface area contributed by atoms with Gasteiger partial charge >= 0.3 is 0 Å². The first-order valence-electron chi connectivity index (χ1n) is 17.5. The van der Waals surface area contributed by atoms with Crippen LogP contribution in [0, 0.1) is 72.9 Å². The molecule has 0 radical (unpaired) electrons. The van der Waals surface area contributed by atoms with Gasteiger partial charge in [-0.2, -0.15) is 31.6 Å². The lowest BCUT2D eigenvalue weighted by Crippen LogP contribution is -2.06. The molecule has 0 unspecified atom stereocenters. The summed E-state index contributed by atoms with van der Waals surface area (Å²) in [5.41, 5.74) is 7.35. The van der Waals surface area contributed by atoms with E-state index >= 15 is 0 Å². The number of aromatic amines is 1. The Morgan fingerprint density at radius 1 is 0.590 bits per heavy atom. The molecule has 2 aromatic heterocycles. The third kappa shape index (κ3) is 6.92. The van der Waals surface area contributed by atoms with Crippen molar-refractivity contribution in [2.24, 2.45) is 15.5 Å². The summed E-state index contributed by atoms with van der Waals surface area (Å²) in [4.78, 5) is 44.9. The molecule has 0 saturated heterocycles. The van der Waals surface area contributed by atoms with Crippen molar-refractivity contribution >= 4 is 27.9 Å². The summed E-state index contributed by atoms with van der Waals surface area (Å²) in [6.07, 6.45) is 1.58. The Morgan fingerprint density at radius 3 is 1.49 bits per heavy atom. The molecule has 1 N–H and O–H groups in total. The quantitative estimate of drug-likeness (QED) is 0.0834. The van der Waals surface area contributed by atoms with Crippen molar-refractivity contribution in [1.29, 1.82) is 31.6 Å². The van der Waals surface area contributed by atoms with Gasteiger partial charge in [0.15, 0.2) is 34.2 Å². The largest absolute Gasteiger partial charge is 0.399 e. The van der Waals surface area contributed by atoms with Crippen LogP contribution in [0.2, 0.25) is 0 Å². The first-order chi connectivity index (χ1) is 29.9. The molecule has 1 aliphatic heterocycles. The zero-order valence-electron chi connectivity index (χ0n) is 31.4. The van der Waals surface area contributed by atoms with Crippen LogP contribution in [-0.2, 0) is 9.68 Å². The smallest absolute Gasteiger partial charge is 0.177 e. The monoisotopic (exact) mass is 795 g/mol. The molecular weight excluding hydrogens is 775 g/mol. The van der Waals surface area contributed by atoms with E-state index in [0.29, 0.717) is 51.0 Å². The number of nitriles is 6. The zero-order valence-corrected chi connectivity index (χ0v) is 31.4. The Labute approximate surface area is 344 Å². The second kappa shape index (κ2) is 17.0. The summed E-state index contributed by atoms with van der Waals surface area (Å²) in [7, 11) is 1.44. The Hall–Kier alpha value is -10.0. The van der Waals surface area contributed by atoms with Gasteiger partial charge in [0, 0.05) is 33.0 Å². The topological polar surface area (TPSA) is 296 Å². The third-order valence-corrected chi connectivity index (χ3v) is 9.00. The molecule has 3 aromatic carbocycles. The van der Waals surface area contributed by atoms with Gasteiger partial charge < -0.3 is 14.7 Å². The van der Waals surface area contributed by atoms with Gasteiger partial charge in [0.1, 0.15) is 90.0 Å². The molecule has 0 amide bonds. The normalized spacial score (nSPS) is 12.2. The Balaban J connectivity index is 0.000000138. The lowest BCUT2D eigenvalue weighted by molar-refractivity contribution is 0.175. The summed E-state index contributed by atoms with van der Waals surface area (Å²) in [5, 5.41) is 66.6. The molecule has 0 saturated carbocycles. The van der Waals surface area contributed by atoms with Crippen molar-refractivity contribution in [1.82, 2.24) is 29.9 Å². The molecule has 3 aliphatic carbocycles. The van der Waals surface area contributed by atoms with E-state index in [2.05, 4.69) is 52.0 Å². The number of fused-ring (bicyclic) bond motifs is 9. The maximum absolute atomic E-state index is 11.0. The van der Waals surface area contributed by atoms with Gasteiger partial charge in [-0.05, 0) is 5.18 Å². The van der Waals surface area contributed by atoms with E-state index in [4.69, 9.17) is 41.2 Å². The number of aromatic nitrogens is 6. The van der Waals surface area contributed by atoms with Crippen LogP contribution in [0.1, 0.15) is 56.7 Å². The number of benzene rings is 3. The van der Waals surface area contributed by atoms with Gasteiger partial charge in [-0.1, -0.05) is 95.8 Å². The van der Waals surface area contributed by atoms with Crippen molar-refractivity contribution in [3.05, 3.63) is 147 Å². The number of nitrogens with zero attached hydrogens (tertiary/aromatic N) is 14. The second-order valence-electron chi connectivity index (χ2n) is 12.3. The fourth-order valence-electron chi connectivity index (χ4n) is 6.49. The molecule has 18 heteroatoms. The average molecular weight is 796 g/mol. The molecule has 9 rings (SSSR count). The van der Waals surface area contributed by atoms with Crippen LogP contribution in [0.5, 0.6) is 0 Å². The van der Waals surface area contributed by atoms with Crippen LogP contribution in [0.15, 0.2) is 101 Å². The summed E-state index contributed by atoms with van der Waals surface area (Å²) < 4.78 is 0. The fraction of sp³-hybridized carbons (Fsp3) is 0.0465. The minimum Gasteiger partial charge on any atom is -0.399 e. The molecule has 61 heavy (non-hydrogen) atoms. The van der Waals surface area contributed by atoms with E-state index in [1.165, 1.54) is 7.11 Å². The van der Waals surface area contributed by atoms with E-state index in [1.54, 1.807) is 24.3 Å². The SMILES string of the molecule is C=CCO/N=C1/c2ccccc2-c2nc(C#N)c(C#N)nc21.CO/N=C1\c2ccccc2-c2nc(C#N)c(C#N)nc21.N#Cc1nc2c3ccccc3c(N=O)c-2[nH]c1C#N. The minimum absolute atomic E-state index is 0.00296. The highest BCUT2D eigenvalue weighted by Gasteiger charge is 2.31. The van der Waals surface area contributed by atoms with Gasteiger partial charge in [0.05, 0.1) is 11.4 Å². The number of H-pyrrole nitrogens is 1. The summed E-state index contributed by atoms with van der Waals surface area (Å²) in [5.74, 6) is 0. The van der Waals surface area contributed by atoms with Gasteiger partial charge in [-0.15, -0.1) is 4.91 Å². The molecular formula is C43H21N15O3. The molecule has 0 fully saturated rings. The molecule has 286 valence electrons. The van der Waals surface area contributed by atoms with Crippen LogP contribution in [0.3, 0.4) is 0 Å². The number of oxime groups is 2. The van der Waals surface area contributed by atoms with E-state index < -0.39 is 0 Å². The maximum Gasteiger partial charge on any atom is 0.177 e. The fourth-order valence-corrected chi connectivity index (χ4v) is 6.49. The molecule has 3 heterocycles. The summed E-state index contributed by atoms with van der Waals surface area (Å²) >= 11 is 0. The van der Waals surface area contributed by atoms with Gasteiger partial charge in [0.25, 0.3) is 0 Å². The van der Waals surface area contributed by atoms with Crippen molar-refractivity contribution in [3.63, 3.8) is 0 Å². The van der Waals surface area contributed by atoms with Crippen LogP contribution in [0.25, 0.3) is 44.7 Å². The van der Waals surface area contributed by atoms with Gasteiger partial charge in [0.2, 0.25) is 0 Å². The number of hydrogen-bond donors (Lipinski definition) is 1. The highest BCUT2D eigenvalue weighted by Crippen LogP contribution is 2.42. The molecule has 5 aromatic rings. The van der Waals surface area contributed by atoms with Crippen molar-refractivity contribution in [2.75, 3.05) is 13.7 Å². The van der Waals surface area contributed by atoms with E-state index in [1.807, 2.05) is 91.0 Å². The van der Waals surface area contributed by atoms with Crippen LogP contribution < -0.4 is 0 Å². The number of rotatable bonds is 5. The maximum atomic E-state index is 11.0. The van der Waals surface area contributed by atoms with Crippen LogP contribution >= 0.6 is 0 Å². The molecule has 4 aliphatic rings. The number of nitroso groups, excluding NO2 is 1. The van der Waals surface area contributed by atoms with Gasteiger partial charge in [-0.3, -0.25) is 0 Å². The number of nitrogens with one attached hydrogen (secondary N) is 1. The van der Waals surface area contributed by atoms with Crippen LogP contribution in [0.4, 0.5) is 5.69 Å². The Kier molecular flexibility index (Phi) is 10.9. The number of hydrogen-bond acceptors (Lipinski definition) is 17. The first-order valence-corrected chi connectivity index (χ1v) is 17.5. The lowest BCUT2D eigenvalue weighted by atomic mass is 10.1.